The molecule has 0 aliphatic carbocycles. The second-order valence-electron chi connectivity index (χ2n) is 4.61. The first-order valence-corrected chi connectivity index (χ1v) is 9.92. The third kappa shape index (κ3) is 3.11. The normalized spacial score (nSPS) is 12.2. The fourth-order valence-corrected chi connectivity index (χ4v) is 4.78. The number of phenolic OH excluding ortho intramolecular Hbond substituents is 1. The topological polar surface area (TPSA) is 106 Å². The summed E-state index contributed by atoms with van der Waals surface area (Å²) >= 11 is -0.930. The molecule has 0 amide bonds. The van der Waals surface area contributed by atoms with Crippen molar-refractivity contribution >= 4 is 45.6 Å². The Hall–Kier alpha value is -1.95. The molecule has 3 aromatic rings. The van der Waals surface area contributed by atoms with Gasteiger partial charge in [-0.1, -0.05) is 0 Å². The number of para-hydroxylation sites is 1. The average Bonchev–Trinajstić information content (AvgIpc) is 2.48. The Bertz CT molecular complexity index is 960. The third-order valence-corrected chi connectivity index (χ3v) is 6.15. The van der Waals surface area contributed by atoms with Crippen LogP contribution in [-0.4, -0.2) is 39.2 Å². The second kappa shape index (κ2) is 5.68. The summed E-state index contributed by atoms with van der Waals surface area (Å²) in [4.78, 5) is 8.74. The summed E-state index contributed by atoms with van der Waals surface area (Å²) in [6, 6.07) is 11.6. The molecule has 1 heterocycles. The van der Waals surface area contributed by atoms with Gasteiger partial charge in [0.1, 0.15) is 0 Å². The van der Waals surface area contributed by atoms with E-state index in [4.69, 9.17) is 5.14 Å². The Balaban J connectivity index is 1.98. The van der Waals surface area contributed by atoms with Gasteiger partial charge in [0.2, 0.25) is 0 Å². The quantitative estimate of drug-likeness (QED) is 0.592. The number of fused-ring (bicyclic) bond motifs is 1. The van der Waals surface area contributed by atoms with E-state index in [9.17, 15) is 13.5 Å². The molecule has 0 aliphatic heterocycles. The van der Waals surface area contributed by atoms with Crippen LogP contribution < -0.4 is 14.1 Å². The number of nitrogens with zero attached hydrogens (tertiary/aromatic N) is 2. The monoisotopic (exact) mass is 377 g/mol. The SMILES string of the molecule is NS(=O)(=O)c1cccc([AsH]c2ncc3cccc(O)c3n2)c1. The Labute approximate surface area is 133 Å². The molecule has 0 saturated heterocycles. The van der Waals surface area contributed by atoms with Gasteiger partial charge in [0, 0.05) is 0 Å². The minimum atomic E-state index is -3.72. The van der Waals surface area contributed by atoms with E-state index in [0.717, 1.165) is 9.74 Å². The van der Waals surface area contributed by atoms with Crippen molar-refractivity contribution < 1.29 is 13.5 Å². The van der Waals surface area contributed by atoms with Gasteiger partial charge in [-0.15, -0.1) is 0 Å². The summed E-state index contributed by atoms with van der Waals surface area (Å²) in [6.07, 6.45) is 1.66. The third-order valence-electron chi connectivity index (χ3n) is 3.01. The Morgan fingerprint density at radius 3 is 2.68 bits per heavy atom. The van der Waals surface area contributed by atoms with Crippen LogP contribution in [0.4, 0.5) is 0 Å². The summed E-state index contributed by atoms with van der Waals surface area (Å²) in [5, 5.41) is 15.7. The van der Waals surface area contributed by atoms with E-state index in [0.29, 0.717) is 10.1 Å². The zero-order valence-electron chi connectivity index (χ0n) is 11.3. The molecular formula is C14H12AsN3O3S. The molecule has 3 N–H and O–H groups in total. The molecular weight excluding hydrogens is 365 g/mol. The molecule has 0 fully saturated rings. The van der Waals surface area contributed by atoms with E-state index in [1.165, 1.54) is 6.07 Å². The van der Waals surface area contributed by atoms with Gasteiger partial charge in [-0.2, -0.15) is 0 Å². The molecule has 3 rings (SSSR count). The van der Waals surface area contributed by atoms with Gasteiger partial charge < -0.3 is 0 Å². The zero-order valence-corrected chi connectivity index (χ0v) is 14.2. The van der Waals surface area contributed by atoms with Gasteiger partial charge in [-0.25, -0.2) is 0 Å². The van der Waals surface area contributed by atoms with Crippen molar-refractivity contribution in [3.05, 3.63) is 48.7 Å². The van der Waals surface area contributed by atoms with E-state index in [-0.39, 0.29) is 10.6 Å². The molecule has 0 saturated carbocycles. The van der Waals surface area contributed by atoms with Gasteiger partial charge in [0.25, 0.3) is 0 Å². The summed E-state index contributed by atoms with van der Waals surface area (Å²) in [6.45, 7) is 0. The van der Waals surface area contributed by atoms with Crippen LogP contribution >= 0.6 is 0 Å². The van der Waals surface area contributed by atoms with Crippen LogP contribution in [0.1, 0.15) is 0 Å². The van der Waals surface area contributed by atoms with Crippen LogP contribution in [0.15, 0.2) is 53.6 Å². The van der Waals surface area contributed by atoms with Gasteiger partial charge in [-0.05, 0) is 0 Å². The fourth-order valence-electron chi connectivity index (χ4n) is 1.98. The van der Waals surface area contributed by atoms with Crippen LogP contribution in [-0.2, 0) is 10.0 Å². The van der Waals surface area contributed by atoms with Crippen LogP contribution in [0.25, 0.3) is 10.9 Å². The number of sulfonamides is 1. The molecule has 2 aromatic carbocycles. The summed E-state index contributed by atoms with van der Waals surface area (Å²) in [5.41, 5.74) is 0.499. The number of primary sulfonamides is 1. The fraction of sp³-hybridized carbons (Fsp3) is 0. The number of benzene rings is 2. The standard InChI is InChI=1S/C14H12AsN3O3S/c16-22(20,21)11-5-2-4-10(7-11)15-14-17-8-9-3-1-6-12(19)13(9)18-14/h1-8,15,19H,(H2,16,20,21). The maximum absolute atomic E-state index is 11.4. The van der Waals surface area contributed by atoms with Crippen LogP contribution in [0.2, 0.25) is 0 Å². The van der Waals surface area contributed by atoms with Gasteiger partial charge in [0.05, 0.1) is 0 Å². The number of aromatic hydroxyl groups is 1. The van der Waals surface area contributed by atoms with Gasteiger partial charge in [-0.3, -0.25) is 0 Å². The summed E-state index contributed by atoms with van der Waals surface area (Å²) in [7, 11) is -3.72. The predicted molar refractivity (Wildman–Crippen MR) is 85.4 cm³/mol. The molecule has 0 bridgehead atoms. The van der Waals surface area contributed by atoms with Crippen LogP contribution in [0.5, 0.6) is 5.75 Å². The molecule has 8 heteroatoms. The van der Waals surface area contributed by atoms with Crippen molar-refractivity contribution in [1.82, 2.24) is 9.97 Å². The summed E-state index contributed by atoms with van der Waals surface area (Å²) < 4.78 is 24.2. The number of hydrogen-bond donors (Lipinski definition) is 2. The number of rotatable bonds is 3. The molecule has 112 valence electrons. The first-order chi connectivity index (χ1) is 10.4. The Morgan fingerprint density at radius 1 is 1.14 bits per heavy atom. The van der Waals surface area contributed by atoms with Crippen molar-refractivity contribution in [2.45, 2.75) is 4.90 Å². The Kier molecular flexibility index (Phi) is 3.86. The zero-order chi connectivity index (χ0) is 15.7. The van der Waals surface area contributed by atoms with E-state index in [1.807, 2.05) is 12.1 Å². The van der Waals surface area contributed by atoms with E-state index in [2.05, 4.69) is 9.97 Å². The maximum atomic E-state index is 11.4. The van der Waals surface area contributed by atoms with Crippen molar-refractivity contribution in [2.75, 3.05) is 0 Å². The van der Waals surface area contributed by atoms with Gasteiger partial charge >= 0.3 is 134 Å². The molecule has 1 atom stereocenters. The molecule has 0 spiro atoms. The van der Waals surface area contributed by atoms with Crippen molar-refractivity contribution in [3.63, 3.8) is 0 Å². The predicted octanol–water partition coefficient (Wildman–Crippen LogP) is -0.630. The van der Waals surface area contributed by atoms with Gasteiger partial charge in [0.15, 0.2) is 0 Å². The molecule has 1 unspecified atom stereocenters. The Morgan fingerprint density at radius 2 is 1.91 bits per heavy atom. The van der Waals surface area contributed by atoms with E-state index in [1.54, 1.807) is 30.5 Å². The van der Waals surface area contributed by atoms with Crippen molar-refractivity contribution in [1.29, 1.82) is 0 Å². The molecule has 1 aromatic heterocycles. The first kappa shape index (κ1) is 15.0. The number of hydrogen-bond acceptors (Lipinski definition) is 5. The van der Waals surface area contributed by atoms with E-state index < -0.39 is 25.8 Å². The van der Waals surface area contributed by atoms with Crippen molar-refractivity contribution in [3.8, 4) is 5.75 Å². The average molecular weight is 377 g/mol. The number of aromatic nitrogens is 2. The minimum absolute atomic E-state index is 0.0809. The van der Waals surface area contributed by atoms with Crippen LogP contribution in [0.3, 0.4) is 0 Å². The van der Waals surface area contributed by atoms with Crippen molar-refractivity contribution in [2.24, 2.45) is 5.14 Å². The van der Waals surface area contributed by atoms with E-state index >= 15 is 0 Å². The molecule has 6 nitrogen and oxygen atoms in total. The second-order valence-corrected chi connectivity index (χ2v) is 8.84. The summed E-state index contributed by atoms with van der Waals surface area (Å²) in [5.74, 6) is 0.103. The van der Waals surface area contributed by atoms with Crippen LogP contribution in [0, 0.1) is 0 Å². The molecule has 22 heavy (non-hydrogen) atoms. The molecule has 0 aliphatic rings. The first-order valence-electron chi connectivity index (χ1n) is 6.28. The number of phenols is 1. The number of nitrogens with two attached hydrogens (primary N) is 1. The molecule has 0 radical (unpaired) electrons.